The molecule has 0 aromatic heterocycles. The highest BCUT2D eigenvalue weighted by Crippen LogP contribution is 2.27. The number of rotatable bonds is 7. The second-order valence-corrected chi connectivity index (χ2v) is 6.22. The van der Waals surface area contributed by atoms with Gasteiger partial charge < -0.3 is 20.5 Å². The first-order chi connectivity index (χ1) is 12.9. The fourth-order valence-electron chi connectivity index (χ4n) is 2.21. The van der Waals surface area contributed by atoms with E-state index in [4.69, 9.17) is 15.2 Å². The standard InChI is InChI=1S/C19H22N4O3S/c1-12-4-6-15(8-13(12)2)22-18(24)11-26-16-7-5-14(9-17(16)25-3)10-21-23-19(20)27/h4-10H,11H2,1-3H3,(H,22,24)(H3,20,23,27). The fourth-order valence-corrected chi connectivity index (χ4v) is 2.27. The molecular formula is C19H22N4O3S. The van der Waals surface area contributed by atoms with Crippen molar-refractivity contribution >= 4 is 35.1 Å². The first-order valence-corrected chi connectivity index (χ1v) is 8.56. The fraction of sp³-hybridized carbons (Fsp3) is 0.211. The summed E-state index contributed by atoms with van der Waals surface area (Å²) in [6, 6.07) is 10.9. The predicted octanol–water partition coefficient (Wildman–Crippen LogP) is 2.50. The van der Waals surface area contributed by atoms with Crippen LogP contribution in [0.4, 0.5) is 5.69 Å². The van der Waals surface area contributed by atoms with Gasteiger partial charge in [0.1, 0.15) is 0 Å². The Morgan fingerprint density at radius 2 is 1.96 bits per heavy atom. The first-order valence-electron chi connectivity index (χ1n) is 8.15. The molecule has 1 amide bonds. The van der Waals surface area contributed by atoms with Crippen LogP contribution in [-0.4, -0.2) is 31.0 Å². The molecule has 0 aliphatic heterocycles. The summed E-state index contributed by atoms with van der Waals surface area (Å²) in [4.78, 5) is 12.1. The zero-order chi connectivity index (χ0) is 19.8. The van der Waals surface area contributed by atoms with Crippen molar-refractivity contribution in [1.29, 1.82) is 0 Å². The lowest BCUT2D eigenvalue weighted by molar-refractivity contribution is -0.118. The number of ether oxygens (including phenoxy) is 2. The number of nitrogens with zero attached hydrogens (tertiary/aromatic N) is 1. The van der Waals surface area contributed by atoms with Crippen molar-refractivity contribution in [3.05, 3.63) is 53.1 Å². The minimum Gasteiger partial charge on any atom is -0.493 e. The summed E-state index contributed by atoms with van der Waals surface area (Å²) in [5.41, 5.74) is 11.5. The van der Waals surface area contributed by atoms with E-state index in [1.165, 1.54) is 18.9 Å². The quantitative estimate of drug-likeness (QED) is 0.384. The van der Waals surface area contributed by atoms with E-state index in [2.05, 4.69) is 28.1 Å². The number of benzene rings is 2. The van der Waals surface area contributed by atoms with Gasteiger partial charge in [-0.3, -0.25) is 10.2 Å². The SMILES string of the molecule is COc1cc(C=NNC(N)=S)ccc1OCC(=O)Nc1ccc(C)c(C)c1. The van der Waals surface area contributed by atoms with Gasteiger partial charge in [0, 0.05) is 5.69 Å². The minimum absolute atomic E-state index is 0.0768. The third-order valence-corrected chi connectivity index (χ3v) is 3.82. The lowest BCUT2D eigenvalue weighted by Gasteiger charge is -2.12. The highest BCUT2D eigenvalue weighted by atomic mass is 32.1. The van der Waals surface area contributed by atoms with Crippen LogP contribution in [0.5, 0.6) is 11.5 Å². The van der Waals surface area contributed by atoms with Gasteiger partial charge in [0.25, 0.3) is 5.91 Å². The molecule has 4 N–H and O–H groups in total. The van der Waals surface area contributed by atoms with Crippen molar-refractivity contribution in [2.24, 2.45) is 10.8 Å². The molecule has 2 aromatic carbocycles. The van der Waals surface area contributed by atoms with Crippen LogP contribution < -0.4 is 25.9 Å². The number of carbonyl (C=O) groups is 1. The lowest BCUT2D eigenvalue weighted by Crippen LogP contribution is -2.24. The average molecular weight is 386 g/mol. The Morgan fingerprint density at radius 3 is 2.63 bits per heavy atom. The topological polar surface area (TPSA) is 98.0 Å². The molecule has 0 unspecified atom stereocenters. The number of methoxy groups -OCH3 is 1. The Bertz CT molecular complexity index is 868. The maximum absolute atomic E-state index is 12.1. The number of nitrogens with two attached hydrogens (primary N) is 1. The number of hydrogen-bond acceptors (Lipinski definition) is 5. The van der Waals surface area contributed by atoms with Crippen LogP contribution in [0.3, 0.4) is 0 Å². The van der Waals surface area contributed by atoms with Crippen molar-refractivity contribution in [1.82, 2.24) is 5.43 Å². The van der Waals surface area contributed by atoms with E-state index in [-0.39, 0.29) is 17.6 Å². The number of amides is 1. The molecule has 0 aliphatic carbocycles. The first kappa shape index (κ1) is 20.2. The third kappa shape index (κ3) is 6.27. The molecule has 2 rings (SSSR count). The van der Waals surface area contributed by atoms with Crippen LogP contribution in [-0.2, 0) is 4.79 Å². The third-order valence-electron chi connectivity index (χ3n) is 3.73. The molecule has 27 heavy (non-hydrogen) atoms. The number of aryl methyl sites for hydroxylation is 2. The Morgan fingerprint density at radius 1 is 1.19 bits per heavy atom. The number of thiocarbonyl (C=S) groups is 1. The van der Waals surface area contributed by atoms with Crippen molar-refractivity contribution in [3.63, 3.8) is 0 Å². The molecule has 142 valence electrons. The molecule has 0 saturated carbocycles. The monoisotopic (exact) mass is 386 g/mol. The number of hydrogen-bond donors (Lipinski definition) is 3. The zero-order valence-corrected chi connectivity index (χ0v) is 16.2. The highest BCUT2D eigenvalue weighted by molar-refractivity contribution is 7.80. The van der Waals surface area contributed by atoms with Gasteiger partial charge in [0.05, 0.1) is 13.3 Å². The normalized spacial score (nSPS) is 10.5. The van der Waals surface area contributed by atoms with E-state index in [1.54, 1.807) is 18.2 Å². The van der Waals surface area contributed by atoms with Crippen LogP contribution in [0, 0.1) is 13.8 Å². The smallest absolute Gasteiger partial charge is 0.262 e. The average Bonchev–Trinajstić information content (AvgIpc) is 2.63. The van der Waals surface area contributed by atoms with E-state index >= 15 is 0 Å². The van der Waals surface area contributed by atoms with E-state index in [9.17, 15) is 4.79 Å². The summed E-state index contributed by atoms with van der Waals surface area (Å²) in [7, 11) is 1.52. The zero-order valence-electron chi connectivity index (χ0n) is 15.4. The highest BCUT2D eigenvalue weighted by Gasteiger charge is 2.09. The van der Waals surface area contributed by atoms with Crippen molar-refractivity contribution < 1.29 is 14.3 Å². The number of anilines is 1. The molecule has 7 nitrogen and oxygen atoms in total. The molecule has 0 heterocycles. The van der Waals surface area contributed by atoms with Gasteiger partial charge >= 0.3 is 0 Å². The summed E-state index contributed by atoms with van der Waals surface area (Å²) < 4.78 is 10.9. The van der Waals surface area contributed by atoms with E-state index in [0.29, 0.717) is 11.5 Å². The molecule has 0 radical (unpaired) electrons. The van der Waals surface area contributed by atoms with Gasteiger partial charge in [0.15, 0.2) is 23.2 Å². The van der Waals surface area contributed by atoms with Gasteiger partial charge in [0.2, 0.25) is 0 Å². The van der Waals surface area contributed by atoms with Gasteiger partial charge in [-0.25, -0.2) is 0 Å². The molecule has 8 heteroatoms. The summed E-state index contributed by atoms with van der Waals surface area (Å²) >= 11 is 4.67. The Hall–Kier alpha value is -3.13. The molecule has 0 bridgehead atoms. The van der Waals surface area contributed by atoms with Crippen LogP contribution in [0.25, 0.3) is 0 Å². The summed E-state index contributed by atoms with van der Waals surface area (Å²) in [6.45, 7) is 3.87. The maximum atomic E-state index is 12.1. The van der Waals surface area contributed by atoms with Crippen molar-refractivity contribution in [3.8, 4) is 11.5 Å². The largest absolute Gasteiger partial charge is 0.493 e. The molecule has 0 spiro atoms. The Balaban J connectivity index is 1.97. The lowest BCUT2D eigenvalue weighted by atomic mass is 10.1. The van der Waals surface area contributed by atoms with Gasteiger partial charge in [-0.05, 0) is 73.1 Å². The van der Waals surface area contributed by atoms with E-state index in [0.717, 1.165) is 16.8 Å². The Kier molecular flexibility index (Phi) is 7.13. The minimum atomic E-state index is -0.258. The molecule has 0 aliphatic rings. The van der Waals surface area contributed by atoms with Crippen molar-refractivity contribution in [2.45, 2.75) is 13.8 Å². The number of hydrazone groups is 1. The van der Waals surface area contributed by atoms with Crippen LogP contribution in [0.1, 0.15) is 16.7 Å². The molecular weight excluding hydrogens is 364 g/mol. The van der Waals surface area contributed by atoms with Crippen LogP contribution in [0.2, 0.25) is 0 Å². The summed E-state index contributed by atoms with van der Waals surface area (Å²) in [6.07, 6.45) is 1.54. The van der Waals surface area contributed by atoms with Gasteiger partial charge in [-0.1, -0.05) is 6.07 Å². The second kappa shape index (κ2) is 9.54. The Labute approximate surface area is 163 Å². The predicted molar refractivity (Wildman–Crippen MR) is 111 cm³/mol. The van der Waals surface area contributed by atoms with E-state index < -0.39 is 0 Å². The van der Waals surface area contributed by atoms with Gasteiger partial charge in [-0.15, -0.1) is 0 Å². The summed E-state index contributed by atoms with van der Waals surface area (Å²) in [5.74, 6) is 0.673. The molecule has 2 aromatic rings. The molecule has 0 atom stereocenters. The van der Waals surface area contributed by atoms with Gasteiger partial charge in [-0.2, -0.15) is 5.10 Å². The summed E-state index contributed by atoms with van der Waals surface area (Å²) in [5, 5.41) is 6.76. The van der Waals surface area contributed by atoms with Crippen LogP contribution >= 0.6 is 12.2 Å². The molecule has 0 fully saturated rings. The van der Waals surface area contributed by atoms with Crippen LogP contribution in [0.15, 0.2) is 41.5 Å². The van der Waals surface area contributed by atoms with E-state index in [1.807, 2.05) is 32.0 Å². The van der Waals surface area contributed by atoms with Crippen molar-refractivity contribution in [2.75, 3.05) is 19.0 Å². The number of carbonyl (C=O) groups excluding carboxylic acids is 1. The second-order valence-electron chi connectivity index (χ2n) is 5.78. The maximum Gasteiger partial charge on any atom is 0.262 e. The molecule has 0 saturated heterocycles. The number of nitrogens with one attached hydrogen (secondary N) is 2.